The molecule has 0 radical (unpaired) electrons. The first-order valence-corrected chi connectivity index (χ1v) is 8.93. The second-order valence-corrected chi connectivity index (χ2v) is 7.39. The molecule has 0 aromatic heterocycles. The molecular formula is C17H13N3O3S. The molecule has 0 spiro atoms. The van der Waals surface area contributed by atoms with Crippen LogP contribution in [0.25, 0.3) is 0 Å². The van der Waals surface area contributed by atoms with Crippen molar-refractivity contribution in [2.75, 3.05) is 11.9 Å². The third-order valence-electron chi connectivity index (χ3n) is 4.01. The van der Waals surface area contributed by atoms with Crippen LogP contribution in [0.4, 0.5) is 10.5 Å². The number of hydrogen-bond donors (Lipinski definition) is 1. The van der Waals surface area contributed by atoms with Crippen molar-refractivity contribution in [3.05, 3.63) is 59.7 Å². The Kier molecular flexibility index (Phi) is 3.31. The zero-order valence-electron chi connectivity index (χ0n) is 12.6. The predicted octanol–water partition coefficient (Wildman–Crippen LogP) is 2.45. The molecule has 0 fully saturated rings. The van der Waals surface area contributed by atoms with E-state index in [2.05, 4.69) is 15.3 Å². The van der Waals surface area contributed by atoms with Crippen molar-refractivity contribution in [3.8, 4) is 0 Å². The fourth-order valence-electron chi connectivity index (χ4n) is 2.84. The number of nitrogens with one attached hydrogen (secondary N) is 1. The van der Waals surface area contributed by atoms with Crippen LogP contribution in [-0.2, 0) is 16.3 Å². The van der Waals surface area contributed by atoms with Crippen molar-refractivity contribution in [1.82, 2.24) is 0 Å². The van der Waals surface area contributed by atoms with Crippen LogP contribution in [0.15, 0.2) is 63.4 Å². The summed E-state index contributed by atoms with van der Waals surface area (Å²) in [4.78, 5) is 19.2. The second kappa shape index (κ2) is 5.38. The van der Waals surface area contributed by atoms with Crippen molar-refractivity contribution in [1.29, 1.82) is 0 Å². The number of sulfone groups is 1. The minimum atomic E-state index is -3.92. The highest BCUT2D eigenvalue weighted by molar-refractivity contribution is 8.08. The molecule has 6 nitrogen and oxygen atoms in total. The summed E-state index contributed by atoms with van der Waals surface area (Å²) in [6, 6.07) is 12.8. The van der Waals surface area contributed by atoms with Gasteiger partial charge in [-0.2, -0.15) is 9.98 Å². The van der Waals surface area contributed by atoms with E-state index >= 15 is 0 Å². The summed E-state index contributed by atoms with van der Waals surface area (Å²) < 4.78 is 26.0. The van der Waals surface area contributed by atoms with Crippen LogP contribution in [0, 0.1) is 0 Å². The third-order valence-corrected chi connectivity index (χ3v) is 5.67. The highest BCUT2D eigenvalue weighted by Crippen LogP contribution is 2.27. The van der Waals surface area contributed by atoms with Crippen LogP contribution in [-0.4, -0.2) is 31.7 Å². The Hall–Kier alpha value is -2.80. The van der Waals surface area contributed by atoms with E-state index in [1.54, 1.807) is 42.5 Å². The molecule has 2 heterocycles. The Bertz CT molecular complexity index is 1010. The van der Waals surface area contributed by atoms with Crippen molar-refractivity contribution in [2.24, 2.45) is 9.98 Å². The van der Waals surface area contributed by atoms with E-state index in [0.29, 0.717) is 5.56 Å². The van der Waals surface area contributed by atoms with Gasteiger partial charge in [0.1, 0.15) is 5.71 Å². The lowest BCUT2D eigenvalue weighted by Crippen LogP contribution is -2.23. The number of hydrogen-bond acceptors (Lipinski definition) is 4. The van der Waals surface area contributed by atoms with E-state index in [0.717, 1.165) is 24.2 Å². The normalized spacial score (nSPS) is 16.4. The molecule has 0 unspecified atom stereocenters. The molecule has 0 aliphatic carbocycles. The van der Waals surface area contributed by atoms with Gasteiger partial charge in [-0.05, 0) is 30.2 Å². The molecule has 0 saturated heterocycles. The summed E-state index contributed by atoms with van der Waals surface area (Å²) in [6.07, 6.45) is 0.768. The van der Waals surface area contributed by atoms with E-state index in [4.69, 9.17) is 0 Å². The molecule has 0 bridgehead atoms. The van der Waals surface area contributed by atoms with Crippen molar-refractivity contribution < 1.29 is 13.2 Å². The number of rotatable bonds is 2. The predicted molar refractivity (Wildman–Crippen MR) is 91.6 cm³/mol. The molecule has 120 valence electrons. The summed E-state index contributed by atoms with van der Waals surface area (Å²) in [5, 5.41) is 2.90. The quantitative estimate of drug-likeness (QED) is 0.910. The fourth-order valence-corrected chi connectivity index (χ4v) is 4.22. The van der Waals surface area contributed by atoms with Gasteiger partial charge in [0, 0.05) is 17.8 Å². The summed E-state index contributed by atoms with van der Waals surface area (Å²) in [7, 11) is -3.92. The van der Waals surface area contributed by atoms with Gasteiger partial charge in [-0.15, -0.1) is 0 Å². The van der Waals surface area contributed by atoms with Crippen LogP contribution in [0.2, 0.25) is 0 Å². The van der Waals surface area contributed by atoms with Crippen LogP contribution in [0.3, 0.4) is 0 Å². The number of aliphatic imine (C=N–C) groups is 2. The van der Waals surface area contributed by atoms with Crippen molar-refractivity contribution in [3.63, 3.8) is 0 Å². The van der Waals surface area contributed by atoms with Crippen molar-refractivity contribution >= 4 is 32.3 Å². The number of carbonyl (C=O) groups is 1. The van der Waals surface area contributed by atoms with Gasteiger partial charge in [0.2, 0.25) is 9.84 Å². The molecule has 4 rings (SSSR count). The summed E-state index contributed by atoms with van der Waals surface area (Å²) in [5.41, 5.74) is 2.53. The van der Waals surface area contributed by atoms with E-state index < -0.39 is 15.9 Å². The Morgan fingerprint density at radius 1 is 1.00 bits per heavy atom. The van der Waals surface area contributed by atoms with Crippen molar-refractivity contribution in [2.45, 2.75) is 11.3 Å². The monoisotopic (exact) mass is 339 g/mol. The van der Waals surface area contributed by atoms with Gasteiger partial charge in [-0.1, -0.05) is 30.3 Å². The Morgan fingerprint density at radius 2 is 1.79 bits per heavy atom. The maximum atomic E-state index is 13.0. The molecular weight excluding hydrogens is 326 g/mol. The number of nitrogens with zero attached hydrogens (tertiary/aromatic N) is 2. The molecule has 2 aliphatic rings. The number of anilines is 1. The summed E-state index contributed by atoms with van der Waals surface area (Å²) in [5.74, 6) is 0. The fraction of sp³-hybridized carbons (Fsp3) is 0.118. The Balaban J connectivity index is 1.81. The molecule has 2 aromatic carbocycles. The van der Waals surface area contributed by atoms with Crippen LogP contribution >= 0.6 is 0 Å². The maximum absolute atomic E-state index is 13.0. The highest BCUT2D eigenvalue weighted by atomic mass is 32.2. The minimum Gasteiger partial charge on any atom is -0.384 e. The number of urea groups is 1. The van der Waals surface area contributed by atoms with Gasteiger partial charge in [0.15, 0.2) is 5.04 Å². The smallest absolute Gasteiger partial charge is 0.369 e. The second-order valence-electron chi connectivity index (χ2n) is 5.53. The largest absolute Gasteiger partial charge is 0.384 e. The summed E-state index contributed by atoms with van der Waals surface area (Å²) >= 11 is 0. The third kappa shape index (κ3) is 2.33. The highest BCUT2D eigenvalue weighted by Gasteiger charge is 2.33. The molecule has 2 aliphatic heterocycles. The van der Waals surface area contributed by atoms with Crippen LogP contribution < -0.4 is 5.32 Å². The van der Waals surface area contributed by atoms with E-state index in [-0.39, 0.29) is 15.7 Å². The average molecular weight is 339 g/mol. The number of amides is 2. The molecule has 7 heteroatoms. The zero-order chi connectivity index (χ0) is 16.7. The van der Waals surface area contributed by atoms with Gasteiger partial charge in [0.05, 0.1) is 4.90 Å². The molecule has 1 N–H and O–H groups in total. The van der Waals surface area contributed by atoms with E-state index in [1.165, 1.54) is 6.07 Å². The standard InChI is InChI=1S/C17H13N3O3S/c21-17-19-15(11-4-2-1-3-5-11)16(20-17)24(22,23)13-6-7-14-12(10-13)8-9-18-14/h1-7,10,18H,8-9H2. The molecule has 0 atom stereocenters. The first-order valence-electron chi connectivity index (χ1n) is 7.45. The van der Waals surface area contributed by atoms with Gasteiger partial charge in [-0.3, -0.25) is 0 Å². The topological polar surface area (TPSA) is 88.0 Å². The summed E-state index contributed by atoms with van der Waals surface area (Å²) in [6.45, 7) is 0.787. The number of carbonyl (C=O) groups excluding carboxylic acids is 1. The van der Waals surface area contributed by atoms with E-state index in [1.807, 2.05) is 0 Å². The first kappa shape index (κ1) is 14.8. The van der Waals surface area contributed by atoms with Gasteiger partial charge >= 0.3 is 6.03 Å². The van der Waals surface area contributed by atoms with E-state index in [9.17, 15) is 13.2 Å². The Labute approximate surface area is 138 Å². The lowest BCUT2D eigenvalue weighted by Gasteiger charge is -2.08. The van der Waals surface area contributed by atoms with Crippen LogP contribution in [0.1, 0.15) is 11.1 Å². The zero-order valence-corrected chi connectivity index (χ0v) is 13.4. The van der Waals surface area contributed by atoms with Gasteiger partial charge < -0.3 is 5.32 Å². The SMILES string of the molecule is O=C1N=C(c2ccccc2)C(S(=O)(=O)c2ccc3c(c2)CCN3)=N1. The Morgan fingerprint density at radius 3 is 2.58 bits per heavy atom. The first-order chi connectivity index (χ1) is 11.6. The lowest BCUT2D eigenvalue weighted by molar-refractivity contribution is 0.257. The number of benzene rings is 2. The molecule has 0 saturated carbocycles. The molecule has 24 heavy (non-hydrogen) atoms. The number of fused-ring (bicyclic) bond motifs is 1. The van der Waals surface area contributed by atoms with Gasteiger partial charge in [0.25, 0.3) is 0 Å². The maximum Gasteiger partial charge on any atom is 0.369 e. The molecule has 2 amide bonds. The molecule has 2 aromatic rings. The average Bonchev–Trinajstić information content (AvgIpc) is 3.21. The van der Waals surface area contributed by atoms with Crippen LogP contribution in [0.5, 0.6) is 0 Å². The lowest BCUT2D eigenvalue weighted by atomic mass is 10.1. The van der Waals surface area contributed by atoms with Gasteiger partial charge in [-0.25, -0.2) is 13.2 Å². The minimum absolute atomic E-state index is 0.0965.